The van der Waals surface area contributed by atoms with Crippen molar-refractivity contribution in [3.05, 3.63) is 22.4 Å². The molecule has 0 saturated carbocycles. The molecule has 1 rings (SSSR count). The van der Waals surface area contributed by atoms with E-state index in [1.54, 1.807) is 6.07 Å². The number of ketones is 1. The number of carbonyl (C=O) groups excluding carboxylic acids is 2. The molecule has 0 saturated heterocycles. The summed E-state index contributed by atoms with van der Waals surface area (Å²) >= 11 is 3.16. The number of halogens is 1. The highest BCUT2D eigenvalue weighted by Crippen LogP contribution is 2.16. The number of pyridine rings is 1. The Morgan fingerprint density at radius 1 is 1.36 bits per heavy atom. The highest BCUT2D eigenvalue weighted by Gasteiger charge is 2.05. The lowest BCUT2D eigenvalue weighted by Crippen LogP contribution is -2.07. The van der Waals surface area contributed by atoms with Crippen LogP contribution in [-0.2, 0) is 4.79 Å². The predicted molar refractivity (Wildman–Crippen MR) is 56.2 cm³/mol. The Labute approximate surface area is 89.9 Å². The number of Topliss-reactive ketones (excluding diaryl/α,β-unsaturated/α-hetero) is 1. The van der Waals surface area contributed by atoms with E-state index >= 15 is 0 Å². The van der Waals surface area contributed by atoms with Gasteiger partial charge < -0.3 is 5.32 Å². The SMILES string of the molecule is CC(=O)Nc1cc(Br)nc(C(C)=O)c1. The third-order valence-electron chi connectivity index (χ3n) is 1.48. The average Bonchev–Trinajstić information content (AvgIpc) is 2.01. The van der Waals surface area contributed by atoms with Crippen molar-refractivity contribution in [3.63, 3.8) is 0 Å². The molecule has 0 aromatic carbocycles. The van der Waals surface area contributed by atoms with E-state index in [1.165, 1.54) is 19.9 Å². The maximum Gasteiger partial charge on any atom is 0.221 e. The minimum Gasteiger partial charge on any atom is -0.326 e. The fourth-order valence-electron chi connectivity index (χ4n) is 0.953. The fourth-order valence-corrected chi connectivity index (χ4v) is 1.39. The summed E-state index contributed by atoms with van der Waals surface area (Å²) in [5.74, 6) is -0.324. The lowest BCUT2D eigenvalue weighted by molar-refractivity contribution is -0.114. The predicted octanol–water partition coefficient (Wildman–Crippen LogP) is 2.01. The van der Waals surface area contributed by atoms with Crippen molar-refractivity contribution in [3.8, 4) is 0 Å². The van der Waals surface area contributed by atoms with E-state index in [-0.39, 0.29) is 11.7 Å². The number of hydrogen-bond acceptors (Lipinski definition) is 3. The molecule has 0 radical (unpaired) electrons. The molecular weight excluding hydrogens is 248 g/mol. The van der Waals surface area contributed by atoms with Gasteiger partial charge in [0, 0.05) is 19.5 Å². The molecule has 0 aliphatic heterocycles. The first-order valence-electron chi connectivity index (χ1n) is 3.95. The van der Waals surface area contributed by atoms with Gasteiger partial charge in [0.05, 0.1) is 0 Å². The Morgan fingerprint density at radius 2 is 2.00 bits per heavy atom. The van der Waals surface area contributed by atoms with Gasteiger partial charge in [0.15, 0.2) is 5.78 Å². The number of anilines is 1. The Kier molecular flexibility index (Phi) is 3.35. The number of aromatic nitrogens is 1. The molecular formula is C9H9BrN2O2. The zero-order chi connectivity index (χ0) is 10.7. The van der Waals surface area contributed by atoms with Crippen LogP contribution < -0.4 is 5.32 Å². The van der Waals surface area contributed by atoms with E-state index in [9.17, 15) is 9.59 Å². The summed E-state index contributed by atoms with van der Waals surface area (Å²) in [6.07, 6.45) is 0. The zero-order valence-corrected chi connectivity index (χ0v) is 9.38. The molecule has 0 aliphatic carbocycles. The van der Waals surface area contributed by atoms with Gasteiger partial charge in [0.25, 0.3) is 0 Å². The normalized spacial score (nSPS) is 9.64. The van der Waals surface area contributed by atoms with Gasteiger partial charge in [-0.15, -0.1) is 0 Å². The van der Waals surface area contributed by atoms with Gasteiger partial charge in [-0.05, 0) is 28.1 Å². The summed E-state index contributed by atoms with van der Waals surface area (Å²) in [7, 11) is 0. The minimum atomic E-state index is -0.183. The molecule has 1 heterocycles. The van der Waals surface area contributed by atoms with E-state index in [1.807, 2.05) is 0 Å². The number of rotatable bonds is 2. The van der Waals surface area contributed by atoms with Crippen molar-refractivity contribution in [2.24, 2.45) is 0 Å². The fraction of sp³-hybridized carbons (Fsp3) is 0.222. The van der Waals surface area contributed by atoms with Gasteiger partial charge >= 0.3 is 0 Å². The second kappa shape index (κ2) is 4.32. The van der Waals surface area contributed by atoms with Crippen molar-refractivity contribution in [2.75, 3.05) is 5.32 Å². The number of nitrogens with zero attached hydrogens (tertiary/aromatic N) is 1. The third-order valence-corrected chi connectivity index (χ3v) is 1.88. The Bertz CT molecular complexity index is 390. The van der Waals surface area contributed by atoms with Crippen molar-refractivity contribution in [2.45, 2.75) is 13.8 Å². The molecule has 5 heteroatoms. The van der Waals surface area contributed by atoms with Crippen LogP contribution in [0.3, 0.4) is 0 Å². The lowest BCUT2D eigenvalue weighted by Gasteiger charge is -2.03. The molecule has 14 heavy (non-hydrogen) atoms. The molecule has 1 N–H and O–H groups in total. The first-order valence-corrected chi connectivity index (χ1v) is 4.74. The largest absolute Gasteiger partial charge is 0.326 e. The number of amides is 1. The van der Waals surface area contributed by atoms with Crippen molar-refractivity contribution in [1.29, 1.82) is 0 Å². The molecule has 4 nitrogen and oxygen atoms in total. The van der Waals surface area contributed by atoms with Crippen molar-refractivity contribution >= 4 is 33.3 Å². The van der Waals surface area contributed by atoms with Crippen LogP contribution in [0.25, 0.3) is 0 Å². The monoisotopic (exact) mass is 256 g/mol. The topological polar surface area (TPSA) is 59.1 Å². The van der Waals surface area contributed by atoms with Gasteiger partial charge in [-0.25, -0.2) is 4.98 Å². The number of hydrogen-bond donors (Lipinski definition) is 1. The van der Waals surface area contributed by atoms with Gasteiger partial charge in [-0.2, -0.15) is 0 Å². The highest BCUT2D eigenvalue weighted by atomic mass is 79.9. The van der Waals surface area contributed by atoms with Gasteiger partial charge in [0.2, 0.25) is 5.91 Å². The second-order valence-electron chi connectivity index (χ2n) is 2.80. The number of carbonyl (C=O) groups is 2. The maximum absolute atomic E-state index is 11.0. The highest BCUT2D eigenvalue weighted by molar-refractivity contribution is 9.10. The summed E-state index contributed by atoms with van der Waals surface area (Å²) < 4.78 is 0.522. The van der Waals surface area contributed by atoms with Gasteiger partial charge in [-0.3, -0.25) is 9.59 Å². The molecule has 0 fully saturated rings. The third kappa shape index (κ3) is 2.92. The summed E-state index contributed by atoms with van der Waals surface area (Å²) in [5, 5.41) is 2.58. The molecule has 0 atom stereocenters. The quantitative estimate of drug-likeness (QED) is 0.651. The minimum absolute atomic E-state index is 0.141. The molecule has 1 amide bonds. The maximum atomic E-state index is 11.0. The molecule has 1 aromatic heterocycles. The van der Waals surface area contributed by atoms with E-state index in [4.69, 9.17) is 0 Å². The van der Waals surface area contributed by atoms with E-state index < -0.39 is 0 Å². The Morgan fingerprint density at radius 3 is 2.50 bits per heavy atom. The molecule has 0 spiro atoms. The van der Waals surface area contributed by atoms with Gasteiger partial charge in [-0.1, -0.05) is 0 Å². The number of nitrogens with one attached hydrogen (secondary N) is 1. The first-order chi connectivity index (χ1) is 6.49. The van der Waals surface area contributed by atoms with E-state index in [2.05, 4.69) is 26.2 Å². The van der Waals surface area contributed by atoms with Crippen LogP contribution in [0.15, 0.2) is 16.7 Å². The Balaban J connectivity index is 3.07. The van der Waals surface area contributed by atoms with Crippen LogP contribution in [0, 0.1) is 0 Å². The summed E-state index contributed by atoms with van der Waals surface area (Å²) in [6, 6.07) is 3.17. The van der Waals surface area contributed by atoms with Crippen LogP contribution >= 0.6 is 15.9 Å². The Hall–Kier alpha value is -1.23. The first kappa shape index (κ1) is 10.8. The van der Waals surface area contributed by atoms with Crippen LogP contribution in [0.1, 0.15) is 24.3 Å². The smallest absolute Gasteiger partial charge is 0.221 e. The molecule has 1 aromatic rings. The van der Waals surface area contributed by atoms with Gasteiger partial charge in [0.1, 0.15) is 10.3 Å². The van der Waals surface area contributed by atoms with Crippen molar-refractivity contribution < 1.29 is 9.59 Å². The van der Waals surface area contributed by atoms with Crippen LogP contribution in [0.5, 0.6) is 0 Å². The molecule has 0 bridgehead atoms. The average molecular weight is 257 g/mol. The summed E-state index contributed by atoms with van der Waals surface area (Å²) in [5.41, 5.74) is 0.882. The van der Waals surface area contributed by atoms with Crippen LogP contribution in [-0.4, -0.2) is 16.7 Å². The summed E-state index contributed by atoms with van der Waals surface area (Å²) in [6.45, 7) is 2.83. The van der Waals surface area contributed by atoms with E-state index in [0.717, 1.165) is 0 Å². The second-order valence-corrected chi connectivity index (χ2v) is 3.61. The van der Waals surface area contributed by atoms with E-state index in [0.29, 0.717) is 16.0 Å². The lowest BCUT2D eigenvalue weighted by atomic mass is 10.2. The van der Waals surface area contributed by atoms with Crippen LogP contribution in [0.2, 0.25) is 0 Å². The molecule has 74 valence electrons. The molecule has 0 aliphatic rings. The van der Waals surface area contributed by atoms with Crippen LogP contribution in [0.4, 0.5) is 5.69 Å². The summed E-state index contributed by atoms with van der Waals surface area (Å²) in [4.78, 5) is 25.8. The van der Waals surface area contributed by atoms with Crippen molar-refractivity contribution in [1.82, 2.24) is 4.98 Å². The molecule has 0 unspecified atom stereocenters. The zero-order valence-electron chi connectivity index (χ0n) is 7.80. The standard InChI is InChI=1S/C9H9BrN2O2/c1-5(13)8-3-7(11-6(2)14)4-9(10)12-8/h3-4H,1-2H3,(H,11,12,14).